The average molecular weight is 333 g/mol. The van der Waals surface area contributed by atoms with Crippen LogP contribution in [0.3, 0.4) is 0 Å². The van der Waals surface area contributed by atoms with Crippen molar-refractivity contribution in [2.24, 2.45) is 0 Å². The molecule has 118 valence electrons. The van der Waals surface area contributed by atoms with Crippen LogP contribution in [0.4, 0.5) is 0 Å². The van der Waals surface area contributed by atoms with Crippen LogP contribution in [0.15, 0.2) is 12.1 Å². The SMILES string of the molecule is CCOC(Oc1cc(Cl)cc(CO)c1B(O)O)[Si](C)(C)C. The lowest BCUT2D eigenvalue weighted by atomic mass is 9.76. The van der Waals surface area contributed by atoms with E-state index in [1.165, 1.54) is 12.1 Å². The maximum absolute atomic E-state index is 9.54. The molecule has 0 aliphatic carbocycles. The number of ether oxygens (including phenoxy) is 2. The van der Waals surface area contributed by atoms with Gasteiger partial charge in [-0.25, -0.2) is 0 Å². The minimum Gasteiger partial charge on any atom is -0.469 e. The molecule has 1 rings (SSSR count). The molecule has 0 heterocycles. The second-order valence-electron chi connectivity index (χ2n) is 5.78. The maximum atomic E-state index is 9.54. The van der Waals surface area contributed by atoms with Gasteiger partial charge in [-0.05, 0) is 24.6 Å². The molecule has 0 aliphatic heterocycles. The van der Waals surface area contributed by atoms with Crippen LogP contribution in [0, 0.1) is 0 Å². The third-order valence-electron chi connectivity index (χ3n) is 2.88. The zero-order valence-corrected chi connectivity index (χ0v) is 14.5. The van der Waals surface area contributed by atoms with Crippen LogP contribution in [-0.2, 0) is 11.3 Å². The highest BCUT2D eigenvalue weighted by Crippen LogP contribution is 2.23. The summed E-state index contributed by atoms with van der Waals surface area (Å²) in [5, 5.41) is 28.8. The molecule has 0 aromatic heterocycles. The van der Waals surface area contributed by atoms with Crippen LogP contribution < -0.4 is 10.2 Å². The Morgan fingerprint density at radius 2 is 1.90 bits per heavy atom. The highest BCUT2D eigenvalue weighted by Gasteiger charge is 2.32. The topological polar surface area (TPSA) is 79.2 Å². The van der Waals surface area contributed by atoms with E-state index in [-0.39, 0.29) is 17.8 Å². The van der Waals surface area contributed by atoms with E-state index < -0.39 is 21.1 Å². The number of hydrogen-bond donors (Lipinski definition) is 3. The number of rotatable bonds is 7. The molecule has 8 heteroatoms. The van der Waals surface area contributed by atoms with E-state index in [4.69, 9.17) is 21.1 Å². The van der Waals surface area contributed by atoms with E-state index in [0.29, 0.717) is 17.2 Å². The zero-order chi connectivity index (χ0) is 16.2. The first-order valence-electron chi connectivity index (χ1n) is 6.78. The van der Waals surface area contributed by atoms with Gasteiger partial charge in [0.1, 0.15) is 13.8 Å². The van der Waals surface area contributed by atoms with Crippen molar-refractivity contribution >= 4 is 32.3 Å². The zero-order valence-electron chi connectivity index (χ0n) is 12.8. The van der Waals surface area contributed by atoms with Crippen molar-refractivity contribution < 1.29 is 24.6 Å². The fourth-order valence-electron chi connectivity index (χ4n) is 1.90. The monoisotopic (exact) mass is 332 g/mol. The number of aliphatic hydroxyl groups excluding tert-OH is 1. The summed E-state index contributed by atoms with van der Waals surface area (Å²) in [4.78, 5) is 0. The minimum atomic E-state index is -1.81. The third kappa shape index (κ3) is 4.98. The lowest BCUT2D eigenvalue weighted by Crippen LogP contribution is -2.46. The molecule has 0 spiro atoms. The highest BCUT2D eigenvalue weighted by atomic mass is 35.5. The molecule has 1 aromatic carbocycles. The molecule has 0 aliphatic rings. The summed E-state index contributed by atoms with van der Waals surface area (Å²) in [6.45, 7) is 8.24. The van der Waals surface area contributed by atoms with Gasteiger partial charge in [-0.2, -0.15) is 0 Å². The van der Waals surface area contributed by atoms with E-state index in [2.05, 4.69) is 19.6 Å². The van der Waals surface area contributed by atoms with E-state index in [1.54, 1.807) is 0 Å². The van der Waals surface area contributed by atoms with Gasteiger partial charge in [-0.3, -0.25) is 0 Å². The molecule has 21 heavy (non-hydrogen) atoms. The number of halogens is 1. The molecule has 1 unspecified atom stereocenters. The Morgan fingerprint density at radius 3 is 2.33 bits per heavy atom. The molecule has 0 saturated carbocycles. The minimum absolute atomic E-state index is 0.116. The van der Waals surface area contributed by atoms with Crippen LogP contribution in [-0.4, -0.2) is 42.9 Å². The normalized spacial score (nSPS) is 13.1. The molecule has 0 saturated heterocycles. The summed E-state index contributed by atoms with van der Waals surface area (Å²) in [5.74, 6) is -0.229. The van der Waals surface area contributed by atoms with Gasteiger partial charge in [0.15, 0.2) is 5.91 Å². The lowest BCUT2D eigenvalue weighted by Gasteiger charge is -2.30. The van der Waals surface area contributed by atoms with E-state index in [9.17, 15) is 15.2 Å². The third-order valence-corrected chi connectivity index (χ3v) is 4.80. The standard InChI is InChI=1S/C13H22BClO5Si/c1-5-19-13(21(2,3)4)20-11-7-10(15)6-9(8-16)12(11)14(17)18/h6-7,13,16-18H,5,8H2,1-4H3. The van der Waals surface area contributed by atoms with E-state index in [1.807, 2.05) is 6.92 Å². The molecule has 3 N–H and O–H groups in total. The van der Waals surface area contributed by atoms with Crippen molar-refractivity contribution in [3.05, 3.63) is 22.7 Å². The van der Waals surface area contributed by atoms with E-state index >= 15 is 0 Å². The summed E-state index contributed by atoms with van der Waals surface area (Å²) >= 11 is 6.00. The second kappa shape index (κ2) is 7.62. The van der Waals surface area contributed by atoms with Gasteiger partial charge in [0.25, 0.3) is 0 Å². The van der Waals surface area contributed by atoms with Gasteiger partial charge in [0.2, 0.25) is 0 Å². The first kappa shape index (κ1) is 18.5. The number of hydrogen-bond acceptors (Lipinski definition) is 5. The summed E-state index contributed by atoms with van der Waals surface area (Å²) < 4.78 is 11.5. The Bertz CT molecular complexity index is 478. The van der Waals surface area contributed by atoms with Crippen molar-refractivity contribution in [1.29, 1.82) is 0 Å². The van der Waals surface area contributed by atoms with Gasteiger partial charge >= 0.3 is 7.12 Å². The van der Waals surface area contributed by atoms with Crippen molar-refractivity contribution in [3.63, 3.8) is 0 Å². The average Bonchev–Trinajstić information content (AvgIpc) is 2.35. The number of benzene rings is 1. The summed E-state index contributed by atoms with van der Waals surface area (Å²) in [6, 6.07) is 2.98. The smallest absolute Gasteiger partial charge is 0.469 e. The van der Waals surface area contributed by atoms with Crippen molar-refractivity contribution in [2.45, 2.75) is 39.1 Å². The van der Waals surface area contributed by atoms with Gasteiger partial charge in [-0.1, -0.05) is 31.2 Å². The van der Waals surface area contributed by atoms with Crippen LogP contribution in [0.25, 0.3) is 0 Å². The van der Waals surface area contributed by atoms with Crippen LogP contribution in [0.2, 0.25) is 24.7 Å². The Labute approximate surface area is 131 Å². The second-order valence-corrected chi connectivity index (χ2v) is 11.4. The number of aliphatic hydroxyl groups is 1. The predicted molar refractivity (Wildman–Crippen MR) is 86.6 cm³/mol. The Kier molecular flexibility index (Phi) is 6.71. The molecule has 0 bridgehead atoms. The predicted octanol–water partition coefficient (Wildman–Crippen LogP) is 1.13. The van der Waals surface area contributed by atoms with Crippen molar-refractivity contribution in [2.75, 3.05) is 6.61 Å². The Hall–Kier alpha value is -0.568. The lowest BCUT2D eigenvalue weighted by molar-refractivity contribution is -0.0229. The summed E-state index contributed by atoms with van der Waals surface area (Å²) in [5.41, 5.74) is 0.433. The van der Waals surface area contributed by atoms with Crippen LogP contribution in [0.1, 0.15) is 12.5 Å². The van der Waals surface area contributed by atoms with Gasteiger partial charge < -0.3 is 24.6 Å². The quantitative estimate of drug-likeness (QED) is 0.515. The van der Waals surface area contributed by atoms with Gasteiger partial charge in [-0.15, -0.1) is 0 Å². The largest absolute Gasteiger partial charge is 0.492 e. The summed E-state index contributed by atoms with van der Waals surface area (Å²) in [6.07, 6.45) is 0. The molecule has 0 fully saturated rings. The molecule has 0 amide bonds. The fourth-order valence-corrected chi connectivity index (χ4v) is 3.27. The molecule has 1 atom stereocenters. The molecule has 1 aromatic rings. The highest BCUT2D eigenvalue weighted by molar-refractivity contribution is 6.77. The van der Waals surface area contributed by atoms with Gasteiger partial charge in [0.05, 0.1) is 6.61 Å². The van der Waals surface area contributed by atoms with E-state index in [0.717, 1.165) is 0 Å². The molecular formula is C13H22BClO5Si. The van der Waals surface area contributed by atoms with Gasteiger partial charge in [0, 0.05) is 17.1 Å². The first-order chi connectivity index (χ1) is 9.70. The molecular weight excluding hydrogens is 310 g/mol. The van der Waals surface area contributed by atoms with Crippen molar-refractivity contribution in [1.82, 2.24) is 0 Å². The van der Waals surface area contributed by atoms with Crippen LogP contribution >= 0.6 is 11.6 Å². The fraction of sp³-hybridized carbons (Fsp3) is 0.538. The molecule has 5 nitrogen and oxygen atoms in total. The first-order valence-corrected chi connectivity index (χ1v) is 10.7. The van der Waals surface area contributed by atoms with Crippen LogP contribution in [0.5, 0.6) is 5.75 Å². The maximum Gasteiger partial charge on any atom is 0.492 e. The Balaban J connectivity index is 3.24. The Morgan fingerprint density at radius 1 is 1.29 bits per heavy atom. The summed E-state index contributed by atoms with van der Waals surface area (Å²) in [7, 11) is -3.57. The molecule has 0 radical (unpaired) electrons. The van der Waals surface area contributed by atoms with Crippen molar-refractivity contribution in [3.8, 4) is 5.75 Å².